The quantitative estimate of drug-likeness (QED) is 0.637. The van der Waals surface area contributed by atoms with Crippen molar-refractivity contribution >= 4 is 0 Å². The molecule has 1 heteroatoms. The smallest absolute Gasteiger partial charge is 0.123 e. The Morgan fingerprint density at radius 2 is 1.22 bits per heavy atom. The van der Waals surface area contributed by atoms with Gasteiger partial charge in [-0.15, -0.1) is 0 Å². The van der Waals surface area contributed by atoms with E-state index >= 15 is 0 Å². The van der Waals surface area contributed by atoms with Crippen molar-refractivity contribution in [2.45, 2.75) is 67.9 Å². The molecule has 1 unspecified atom stereocenters. The molecule has 2 aromatic rings. The summed E-state index contributed by atoms with van der Waals surface area (Å²) in [6, 6.07) is 6.74. The van der Waals surface area contributed by atoms with E-state index in [1.807, 2.05) is 0 Å². The number of ether oxygens (including phenoxy) is 1. The third-order valence-electron chi connectivity index (χ3n) is 5.39. The van der Waals surface area contributed by atoms with Crippen LogP contribution in [0.1, 0.15) is 64.0 Å². The van der Waals surface area contributed by atoms with Gasteiger partial charge in [0.2, 0.25) is 0 Å². The zero-order valence-electron chi connectivity index (χ0n) is 15.9. The van der Waals surface area contributed by atoms with Crippen molar-refractivity contribution in [2.24, 2.45) is 0 Å². The Bertz CT molecular complexity index is 702. The normalized spacial score (nSPS) is 12.3. The van der Waals surface area contributed by atoms with E-state index < -0.39 is 0 Å². The summed E-state index contributed by atoms with van der Waals surface area (Å²) in [7, 11) is 0. The Labute approximate surface area is 141 Å². The lowest BCUT2D eigenvalue weighted by molar-refractivity contribution is 0.199. The van der Waals surface area contributed by atoms with Gasteiger partial charge in [0, 0.05) is 0 Å². The minimum atomic E-state index is 0.105. The highest BCUT2D eigenvalue weighted by molar-refractivity contribution is 5.48. The van der Waals surface area contributed by atoms with Crippen LogP contribution in [0.25, 0.3) is 0 Å². The van der Waals surface area contributed by atoms with E-state index in [1.165, 1.54) is 44.5 Å². The van der Waals surface area contributed by atoms with Crippen LogP contribution in [0.15, 0.2) is 18.2 Å². The maximum atomic E-state index is 6.45. The lowest BCUT2D eigenvalue weighted by Crippen LogP contribution is -2.09. The number of hydrogen-bond donors (Lipinski definition) is 0. The van der Waals surface area contributed by atoms with E-state index in [9.17, 15) is 0 Å². The molecule has 0 aromatic heterocycles. The first kappa shape index (κ1) is 17.6. The topological polar surface area (TPSA) is 9.23 Å². The van der Waals surface area contributed by atoms with Crippen LogP contribution >= 0.6 is 0 Å². The summed E-state index contributed by atoms with van der Waals surface area (Å²) in [6.45, 7) is 17.4. The number of aryl methyl sites for hydroxylation is 3. The Hall–Kier alpha value is -1.76. The van der Waals surface area contributed by atoms with Gasteiger partial charge < -0.3 is 4.74 Å². The van der Waals surface area contributed by atoms with Crippen molar-refractivity contribution in [3.8, 4) is 5.75 Å². The van der Waals surface area contributed by atoms with E-state index in [0.717, 1.165) is 12.2 Å². The summed E-state index contributed by atoms with van der Waals surface area (Å²) >= 11 is 0. The summed E-state index contributed by atoms with van der Waals surface area (Å²) in [5.41, 5.74) is 10.6. The number of rotatable bonds is 4. The molecule has 1 atom stereocenters. The molecule has 1 nitrogen and oxygen atoms in total. The Balaban J connectivity index is 2.41. The van der Waals surface area contributed by atoms with Crippen molar-refractivity contribution in [3.63, 3.8) is 0 Å². The van der Waals surface area contributed by atoms with Gasteiger partial charge in [0.15, 0.2) is 0 Å². The highest BCUT2D eigenvalue weighted by Crippen LogP contribution is 2.33. The molecular weight excluding hydrogens is 280 g/mol. The fourth-order valence-electron chi connectivity index (χ4n) is 3.09. The van der Waals surface area contributed by atoms with Gasteiger partial charge in [0.25, 0.3) is 0 Å². The zero-order valence-corrected chi connectivity index (χ0v) is 15.9. The minimum Gasteiger partial charge on any atom is -0.485 e. The Morgan fingerprint density at radius 3 is 1.74 bits per heavy atom. The monoisotopic (exact) mass is 310 g/mol. The predicted octanol–water partition coefficient (Wildman–Crippen LogP) is 6.38. The molecule has 0 amide bonds. The molecule has 0 N–H and O–H groups in total. The highest BCUT2D eigenvalue weighted by Gasteiger charge is 2.16. The van der Waals surface area contributed by atoms with Crippen LogP contribution in [-0.2, 0) is 0 Å². The fraction of sp³-hybridized carbons (Fsp3) is 0.455. The fourth-order valence-corrected chi connectivity index (χ4v) is 3.09. The van der Waals surface area contributed by atoms with Crippen LogP contribution < -0.4 is 4.74 Å². The first-order chi connectivity index (χ1) is 10.8. The highest BCUT2D eigenvalue weighted by atomic mass is 16.5. The molecule has 2 rings (SSSR count). The summed E-state index contributed by atoms with van der Waals surface area (Å²) < 4.78 is 6.45. The number of benzene rings is 2. The van der Waals surface area contributed by atoms with Crippen LogP contribution in [0.3, 0.4) is 0 Å². The summed E-state index contributed by atoms with van der Waals surface area (Å²) in [4.78, 5) is 0. The SMILES string of the molecule is CCC(Oc1cc(C)c(C)c(C)c1C)c1cc(C)c(C)c(C)c1. The largest absolute Gasteiger partial charge is 0.485 e. The molecule has 0 spiro atoms. The van der Waals surface area contributed by atoms with Gasteiger partial charge in [-0.3, -0.25) is 0 Å². The van der Waals surface area contributed by atoms with Gasteiger partial charge in [-0.2, -0.15) is 0 Å². The summed E-state index contributed by atoms with van der Waals surface area (Å²) in [6.07, 6.45) is 1.07. The minimum absolute atomic E-state index is 0.105. The van der Waals surface area contributed by atoms with Crippen LogP contribution in [0.5, 0.6) is 5.75 Å². The van der Waals surface area contributed by atoms with Crippen LogP contribution in [0.4, 0.5) is 0 Å². The molecule has 0 aliphatic carbocycles. The molecule has 0 bridgehead atoms. The first-order valence-corrected chi connectivity index (χ1v) is 8.58. The molecule has 0 saturated carbocycles. The van der Waals surface area contributed by atoms with Gasteiger partial charge in [0.1, 0.15) is 11.9 Å². The van der Waals surface area contributed by atoms with Crippen molar-refractivity contribution in [3.05, 3.63) is 62.7 Å². The lowest BCUT2D eigenvalue weighted by Gasteiger charge is -2.23. The van der Waals surface area contributed by atoms with E-state index in [-0.39, 0.29) is 6.10 Å². The molecule has 0 saturated heterocycles. The molecule has 0 heterocycles. The lowest BCUT2D eigenvalue weighted by atomic mass is 9.96. The molecule has 124 valence electrons. The third kappa shape index (κ3) is 3.44. The summed E-state index contributed by atoms with van der Waals surface area (Å²) in [5.74, 6) is 1.02. The maximum absolute atomic E-state index is 6.45. The second-order valence-corrected chi connectivity index (χ2v) is 6.86. The molecule has 23 heavy (non-hydrogen) atoms. The van der Waals surface area contributed by atoms with Crippen molar-refractivity contribution in [1.29, 1.82) is 0 Å². The average molecular weight is 310 g/mol. The van der Waals surface area contributed by atoms with E-state index in [1.54, 1.807) is 0 Å². The third-order valence-corrected chi connectivity index (χ3v) is 5.39. The van der Waals surface area contributed by atoms with Crippen LogP contribution in [0, 0.1) is 48.5 Å². The average Bonchev–Trinajstić information content (AvgIpc) is 2.52. The van der Waals surface area contributed by atoms with E-state index in [0.29, 0.717) is 0 Å². The second-order valence-electron chi connectivity index (χ2n) is 6.86. The standard InChI is InChI=1S/C22H30O/c1-9-21(20-10-13(2)16(5)14(3)11-20)23-22-12-15(4)17(6)18(7)19(22)8/h10-12,21H,9H2,1-8H3. The zero-order chi connectivity index (χ0) is 17.3. The number of hydrogen-bond acceptors (Lipinski definition) is 1. The van der Waals surface area contributed by atoms with E-state index in [2.05, 4.69) is 73.6 Å². The van der Waals surface area contributed by atoms with Crippen molar-refractivity contribution in [1.82, 2.24) is 0 Å². The second kappa shape index (κ2) is 6.78. The van der Waals surface area contributed by atoms with E-state index in [4.69, 9.17) is 4.74 Å². The van der Waals surface area contributed by atoms with Crippen molar-refractivity contribution < 1.29 is 4.74 Å². The van der Waals surface area contributed by atoms with Gasteiger partial charge in [-0.05, 0) is 105 Å². The van der Waals surface area contributed by atoms with Gasteiger partial charge >= 0.3 is 0 Å². The summed E-state index contributed by atoms with van der Waals surface area (Å²) in [5, 5.41) is 0. The van der Waals surface area contributed by atoms with Crippen LogP contribution in [0.2, 0.25) is 0 Å². The molecule has 2 aromatic carbocycles. The molecule has 0 aliphatic rings. The van der Waals surface area contributed by atoms with Gasteiger partial charge in [-0.25, -0.2) is 0 Å². The molecule has 0 fully saturated rings. The Morgan fingerprint density at radius 1 is 0.696 bits per heavy atom. The van der Waals surface area contributed by atoms with Gasteiger partial charge in [-0.1, -0.05) is 19.1 Å². The van der Waals surface area contributed by atoms with Crippen molar-refractivity contribution in [2.75, 3.05) is 0 Å². The molecule has 0 aliphatic heterocycles. The van der Waals surface area contributed by atoms with Gasteiger partial charge in [0.05, 0.1) is 0 Å². The maximum Gasteiger partial charge on any atom is 0.123 e. The first-order valence-electron chi connectivity index (χ1n) is 8.58. The molecule has 0 radical (unpaired) electrons. The Kier molecular flexibility index (Phi) is 5.19. The predicted molar refractivity (Wildman–Crippen MR) is 99.7 cm³/mol. The van der Waals surface area contributed by atoms with Crippen LogP contribution in [-0.4, -0.2) is 0 Å². The molecular formula is C22H30O.